The Balaban J connectivity index is 2.03. The Kier molecular flexibility index (Phi) is 4.29. The zero-order chi connectivity index (χ0) is 13.0. The third-order valence-corrected chi connectivity index (χ3v) is 4.94. The van der Waals surface area contributed by atoms with Gasteiger partial charge in [-0.3, -0.25) is 5.43 Å². The molecule has 1 aliphatic carbocycles. The highest BCUT2D eigenvalue weighted by atomic mass is 32.2. The number of nitrogens with zero attached hydrogens (tertiary/aromatic N) is 2. The molecule has 0 aliphatic heterocycles. The van der Waals surface area contributed by atoms with Crippen molar-refractivity contribution in [2.75, 3.05) is 23.5 Å². The Morgan fingerprint density at radius 1 is 1.39 bits per heavy atom. The molecule has 0 saturated heterocycles. The first-order chi connectivity index (χ1) is 8.67. The number of hydrogen-bond acceptors (Lipinski definition) is 6. The van der Waals surface area contributed by atoms with Gasteiger partial charge in [0.1, 0.15) is 5.82 Å². The first-order valence-electron chi connectivity index (χ1n) is 6.29. The molecule has 100 valence electrons. The summed E-state index contributed by atoms with van der Waals surface area (Å²) in [5.74, 6) is 6.65. The maximum Gasteiger partial charge on any atom is 0.239 e. The second-order valence-electron chi connectivity index (χ2n) is 4.81. The average molecular weight is 267 g/mol. The highest BCUT2D eigenvalue weighted by Crippen LogP contribution is 2.40. The van der Waals surface area contributed by atoms with E-state index in [4.69, 9.17) is 5.84 Å². The van der Waals surface area contributed by atoms with Crippen molar-refractivity contribution in [2.45, 2.75) is 37.4 Å². The molecule has 0 bridgehead atoms. The van der Waals surface area contributed by atoms with Crippen LogP contribution in [0.25, 0.3) is 0 Å². The van der Waals surface area contributed by atoms with E-state index in [0.29, 0.717) is 10.7 Å². The Morgan fingerprint density at radius 2 is 2.11 bits per heavy atom. The van der Waals surface area contributed by atoms with Gasteiger partial charge < -0.3 is 5.32 Å². The molecule has 18 heavy (non-hydrogen) atoms. The monoisotopic (exact) mass is 267 g/mol. The number of anilines is 2. The zero-order valence-electron chi connectivity index (χ0n) is 11.0. The van der Waals surface area contributed by atoms with Gasteiger partial charge in [-0.25, -0.2) is 10.8 Å². The van der Waals surface area contributed by atoms with Gasteiger partial charge in [-0.15, -0.1) is 0 Å². The van der Waals surface area contributed by atoms with Crippen LogP contribution in [-0.4, -0.2) is 27.5 Å². The van der Waals surface area contributed by atoms with Crippen molar-refractivity contribution in [3.63, 3.8) is 0 Å². The van der Waals surface area contributed by atoms with E-state index in [-0.39, 0.29) is 0 Å². The van der Waals surface area contributed by atoms with Gasteiger partial charge >= 0.3 is 0 Å². The molecule has 4 N–H and O–H groups in total. The molecule has 1 saturated carbocycles. The standard InChI is InChI=1S/C12H21N5S/c1-9-7-10(16-11(15-9)17-13)14-8-12(18-2)5-3-4-6-12/h7H,3-6,8,13H2,1-2H3,(H2,14,15,16,17). The van der Waals surface area contributed by atoms with Crippen LogP contribution in [0.1, 0.15) is 31.4 Å². The molecule has 1 aromatic heterocycles. The van der Waals surface area contributed by atoms with Crippen molar-refractivity contribution >= 4 is 23.5 Å². The number of hydrazine groups is 1. The van der Waals surface area contributed by atoms with E-state index in [9.17, 15) is 0 Å². The lowest BCUT2D eigenvalue weighted by molar-refractivity contribution is 0.638. The average Bonchev–Trinajstić information content (AvgIpc) is 2.85. The lowest BCUT2D eigenvalue weighted by Gasteiger charge is -2.27. The molecule has 1 heterocycles. The van der Waals surface area contributed by atoms with Crippen molar-refractivity contribution < 1.29 is 0 Å². The molecule has 1 aromatic rings. The minimum absolute atomic E-state index is 0.370. The van der Waals surface area contributed by atoms with Gasteiger partial charge in [0.25, 0.3) is 0 Å². The fourth-order valence-corrected chi connectivity index (χ4v) is 3.36. The highest BCUT2D eigenvalue weighted by molar-refractivity contribution is 8.00. The molecule has 6 heteroatoms. The summed E-state index contributed by atoms with van der Waals surface area (Å²) >= 11 is 1.97. The molecule has 2 rings (SSSR count). The van der Waals surface area contributed by atoms with Crippen LogP contribution in [0.15, 0.2) is 6.07 Å². The number of nitrogens with two attached hydrogens (primary N) is 1. The van der Waals surface area contributed by atoms with E-state index in [0.717, 1.165) is 18.1 Å². The predicted octanol–water partition coefficient (Wildman–Crippen LogP) is 2.16. The van der Waals surface area contributed by atoms with Crippen LogP contribution in [0, 0.1) is 6.92 Å². The molecule has 0 aromatic carbocycles. The van der Waals surface area contributed by atoms with Crippen molar-refractivity contribution in [1.82, 2.24) is 9.97 Å². The van der Waals surface area contributed by atoms with Gasteiger partial charge in [0.15, 0.2) is 0 Å². The van der Waals surface area contributed by atoms with Crippen molar-refractivity contribution in [2.24, 2.45) is 5.84 Å². The van der Waals surface area contributed by atoms with E-state index < -0.39 is 0 Å². The second kappa shape index (κ2) is 5.75. The number of hydrogen-bond donors (Lipinski definition) is 3. The Morgan fingerprint density at radius 3 is 2.72 bits per heavy atom. The van der Waals surface area contributed by atoms with Crippen LogP contribution in [0.4, 0.5) is 11.8 Å². The van der Waals surface area contributed by atoms with Crippen LogP contribution in [0.2, 0.25) is 0 Å². The number of aryl methyl sites for hydroxylation is 1. The summed E-state index contributed by atoms with van der Waals surface area (Å²) in [7, 11) is 0. The lowest BCUT2D eigenvalue weighted by Crippen LogP contribution is -2.30. The Bertz CT molecular complexity index is 403. The second-order valence-corrected chi connectivity index (χ2v) is 6.08. The van der Waals surface area contributed by atoms with Crippen molar-refractivity contribution in [3.05, 3.63) is 11.8 Å². The van der Waals surface area contributed by atoms with Crippen LogP contribution >= 0.6 is 11.8 Å². The first kappa shape index (κ1) is 13.4. The smallest absolute Gasteiger partial charge is 0.239 e. The fourth-order valence-electron chi connectivity index (χ4n) is 2.45. The third-order valence-electron chi connectivity index (χ3n) is 3.52. The summed E-state index contributed by atoms with van der Waals surface area (Å²) in [6.45, 7) is 2.89. The van der Waals surface area contributed by atoms with E-state index in [1.54, 1.807) is 0 Å². The molecule has 0 unspecified atom stereocenters. The summed E-state index contributed by atoms with van der Waals surface area (Å²) in [6.07, 6.45) is 7.44. The molecule has 0 radical (unpaired) electrons. The topological polar surface area (TPSA) is 75.9 Å². The summed E-state index contributed by atoms with van der Waals surface area (Å²) in [5, 5.41) is 3.43. The van der Waals surface area contributed by atoms with E-state index in [1.165, 1.54) is 25.7 Å². The fraction of sp³-hybridized carbons (Fsp3) is 0.667. The normalized spacial score (nSPS) is 17.7. The van der Waals surface area contributed by atoms with Crippen LogP contribution in [0.5, 0.6) is 0 Å². The van der Waals surface area contributed by atoms with Gasteiger partial charge in [0.05, 0.1) is 0 Å². The van der Waals surface area contributed by atoms with Crippen molar-refractivity contribution in [1.29, 1.82) is 0 Å². The van der Waals surface area contributed by atoms with E-state index in [2.05, 4.69) is 27.0 Å². The van der Waals surface area contributed by atoms with Gasteiger partial charge in [-0.05, 0) is 26.0 Å². The summed E-state index contributed by atoms with van der Waals surface area (Å²) in [5.41, 5.74) is 3.40. The van der Waals surface area contributed by atoms with Crippen LogP contribution < -0.4 is 16.6 Å². The van der Waals surface area contributed by atoms with Crippen LogP contribution in [-0.2, 0) is 0 Å². The minimum atomic E-state index is 0.370. The number of nitrogen functional groups attached to an aromatic ring is 1. The van der Waals surface area contributed by atoms with E-state index in [1.807, 2.05) is 24.8 Å². The predicted molar refractivity (Wildman–Crippen MR) is 77.8 cm³/mol. The molecular weight excluding hydrogens is 246 g/mol. The zero-order valence-corrected chi connectivity index (χ0v) is 11.8. The molecule has 1 fully saturated rings. The maximum absolute atomic E-state index is 5.35. The quantitative estimate of drug-likeness (QED) is 0.560. The number of aromatic nitrogens is 2. The van der Waals surface area contributed by atoms with E-state index >= 15 is 0 Å². The summed E-state index contributed by atoms with van der Waals surface area (Å²) < 4.78 is 0.370. The number of nitrogens with one attached hydrogen (secondary N) is 2. The SMILES string of the molecule is CSC1(CNc2cc(C)nc(NN)n2)CCCC1. The van der Waals surface area contributed by atoms with Gasteiger partial charge in [0.2, 0.25) is 5.95 Å². The minimum Gasteiger partial charge on any atom is -0.369 e. The Hall–Kier alpha value is -1.01. The number of rotatable bonds is 5. The molecule has 5 nitrogen and oxygen atoms in total. The van der Waals surface area contributed by atoms with Gasteiger partial charge in [-0.2, -0.15) is 16.7 Å². The summed E-state index contributed by atoms with van der Waals surface area (Å²) in [4.78, 5) is 8.49. The maximum atomic E-state index is 5.35. The molecule has 0 amide bonds. The third kappa shape index (κ3) is 3.05. The van der Waals surface area contributed by atoms with Gasteiger partial charge in [0, 0.05) is 23.1 Å². The largest absolute Gasteiger partial charge is 0.369 e. The number of thioether (sulfide) groups is 1. The van der Waals surface area contributed by atoms with Crippen LogP contribution in [0.3, 0.4) is 0 Å². The molecule has 0 atom stereocenters. The Labute approximate surface area is 112 Å². The van der Waals surface area contributed by atoms with Crippen molar-refractivity contribution in [3.8, 4) is 0 Å². The molecule has 0 spiro atoms. The lowest BCUT2D eigenvalue weighted by atomic mass is 10.1. The summed E-state index contributed by atoms with van der Waals surface area (Å²) in [6, 6.07) is 1.95. The first-order valence-corrected chi connectivity index (χ1v) is 7.51. The van der Waals surface area contributed by atoms with Gasteiger partial charge in [-0.1, -0.05) is 12.8 Å². The molecule has 1 aliphatic rings. The highest BCUT2D eigenvalue weighted by Gasteiger charge is 2.32. The molecular formula is C12H21N5S.